The summed E-state index contributed by atoms with van der Waals surface area (Å²) in [7, 11) is 0. The molecule has 0 aromatic heterocycles. The summed E-state index contributed by atoms with van der Waals surface area (Å²) >= 11 is 0. The lowest BCUT2D eigenvalue weighted by Crippen LogP contribution is -2.42. The van der Waals surface area contributed by atoms with Crippen LogP contribution in [0, 0.1) is 0 Å². The molecule has 0 fully saturated rings. The van der Waals surface area contributed by atoms with Gasteiger partial charge in [-0.05, 0) is 39.8 Å². The predicted molar refractivity (Wildman–Crippen MR) is 117 cm³/mol. The second-order valence-electron chi connectivity index (χ2n) is 7.39. The molecule has 4 aromatic rings. The van der Waals surface area contributed by atoms with Crippen LogP contribution in [0.5, 0.6) is 0 Å². The Hall–Kier alpha value is -3.06. The molecule has 4 aromatic carbocycles. The van der Waals surface area contributed by atoms with Gasteiger partial charge in [-0.2, -0.15) is 0 Å². The van der Waals surface area contributed by atoms with Gasteiger partial charge in [-0.25, -0.2) is 0 Å². The van der Waals surface area contributed by atoms with Gasteiger partial charge in [0.1, 0.15) is 0 Å². The van der Waals surface area contributed by atoms with Crippen molar-refractivity contribution in [3.05, 3.63) is 108 Å². The number of fused-ring (bicyclic) bond motifs is 6. The van der Waals surface area contributed by atoms with Crippen LogP contribution >= 0.6 is 0 Å². The highest BCUT2D eigenvalue weighted by molar-refractivity contribution is 6.85. The van der Waals surface area contributed by atoms with Crippen LogP contribution in [0.1, 0.15) is 11.1 Å². The molecule has 0 N–H and O–H groups in total. The summed E-state index contributed by atoms with van der Waals surface area (Å²) in [5.41, 5.74) is 11.0. The van der Waals surface area contributed by atoms with Gasteiger partial charge >= 0.3 is 0 Å². The summed E-state index contributed by atoms with van der Waals surface area (Å²) in [6, 6.07) is 35.5. The van der Waals surface area contributed by atoms with Crippen LogP contribution in [0.2, 0.25) is 6.82 Å². The van der Waals surface area contributed by atoms with E-state index in [0.29, 0.717) is 6.71 Å². The number of hydrogen-bond acceptors (Lipinski definition) is 0. The molecule has 0 unspecified atom stereocenters. The van der Waals surface area contributed by atoms with Gasteiger partial charge in [0.25, 0.3) is 0 Å². The zero-order valence-corrected chi connectivity index (χ0v) is 15.5. The number of hydrogen-bond donors (Lipinski definition) is 0. The molecule has 0 aliphatic carbocycles. The second kappa shape index (κ2) is 6.59. The first-order valence-electron chi connectivity index (χ1n) is 9.67. The summed E-state index contributed by atoms with van der Waals surface area (Å²) in [5.74, 6) is 0. The maximum Gasteiger partial charge on any atom is 0.207 e. The molecule has 0 bridgehead atoms. The average molecular weight is 344 g/mol. The first-order chi connectivity index (χ1) is 13.3. The van der Waals surface area contributed by atoms with Crippen molar-refractivity contribution < 1.29 is 0 Å². The van der Waals surface area contributed by atoms with Gasteiger partial charge in [0.05, 0.1) is 0 Å². The van der Waals surface area contributed by atoms with E-state index in [4.69, 9.17) is 0 Å². The third-order valence-corrected chi connectivity index (χ3v) is 5.85. The van der Waals surface area contributed by atoms with Crippen molar-refractivity contribution in [3.8, 4) is 22.3 Å². The van der Waals surface area contributed by atoms with Crippen molar-refractivity contribution in [2.45, 2.75) is 13.2 Å². The van der Waals surface area contributed by atoms with Crippen molar-refractivity contribution in [1.29, 1.82) is 0 Å². The monoisotopic (exact) mass is 344 g/mol. The molecule has 0 saturated heterocycles. The third-order valence-electron chi connectivity index (χ3n) is 5.85. The van der Waals surface area contributed by atoms with E-state index >= 15 is 0 Å². The van der Waals surface area contributed by atoms with Crippen molar-refractivity contribution in [2.24, 2.45) is 0 Å². The summed E-state index contributed by atoms with van der Waals surface area (Å²) in [5, 5.41) is 0. The number of rotatable bonds is 0. The first-order valence-corrected chi connectivity index (χ1v) is 9.67. The van der Waals surface area contributed by atoms with Gasteiger partial charge in [-0.3, -0.25) is 0 Å². The first kappa shape index (κ1) is 16.1. The second-order valence-corrected chi connectivity index (χ2v) is 7.39. The summed E-state index contributed by atoms with van der Waals surface area (Å²) in [6.07, 6.45) is 0.965. The Morgan fingerprint density at radius 1 is 0.481 bits per heavy atom. The molecule has 0 atom stereocenters. The minimum Gasteiger partial charge on any atom is -0.0774 e. The smallest absolute Gasteiger partial charge is 0.0774 e. The highest BCUT2D eigenvalue weighted by Gasteiger charge is 2.23. The SMILES string of the molecule is CB1c2ccccc2Cc2ccccc2-c2ccccc2-c2ccccc21. The van der Waals surface area contributed by atoms with Crippen LogP contribution in [0.4, 0.5) is 0 Å². The average Bonchev–Trinajstić information content (AvgIpc) is 2.74. The molecule has 5 rings (SSSR count). The highest BCUT2D eigenvalue weighted by atomic mass is 14.2. The largest absolute Gasteiger partial charge is 0.207 e. The van der Waals surface area contributed by atoms with E-state index in [2.05, 4.69) is 104 Å². The van der Waals surface area contributed by atoms with Gasteiger partial charge in [0, 0.05) is 0 Å². The van der Waals surface area contributed by atoms with Crippen LogP contribution in [-0.4, -0.2) is 6.71 Å². The molecule has 1 aliphatic rings. The van der Waals surface area contributed by atoms with Crippen LogP contribution in [-0.2, 0) is 6.42 Å². The lowest BCUT2D eigenvalue weighted by molar-refractivity contribution is 1.21. The topological polar surface area (TPSA) is 0 Å². The molecule has 1 heteroatoms. The standard InChI is InChI=1S/C26H21B/c1-27-25-16-8-3-11-20(25)18-19-10-2-4-12-21(19)22-13-5-6-14-23(22)24-15-7-9-17-26(24)27/h2-17H,18H2,1H3. The van der Waals surface area contributed by atoms with Gasteiger partial charge in [-0.15, -0.1) is 0 Å². The quantitative estimate of drug-likeness (QED) is 0.386. The molecule has 1 aliphatic heterocycles. The maximum absolute atomic E-state index is 2.34. The molecule has 0 spiro atoms. The summed E-state index contributed by atoms with van der Waals surface area (Å²) < 4.78 is 0. The van der Waals surface area contributed by atoms with E-state index in [0.717, 1.165) is 6.42 Å². The molecule has 0 amide bonds. The Morgan fingerprint density at radius 2 is 0.963 bits per heavy atom. The van der Waals surface area contributed by atoms with Crippen molar-refractivity contribution in [2.75, 3.05) is 0 Å². The minimum atomic E-state index is 0.357. The van der Waals surface area contributed by atoms with Gasteiger partial charge in [0.15, 0.2) is 0 Å². The normalized spacial score (nSPS) is 12.4. The fourth-order valence-electron chi connectivity index (χ4n) is 4.50. The van der Waals surface area contributed by atoms with Crippen molar-refractivity contribution >= 4 is 17.6 Å². The predicted octanol–water partition coefficient (Wildman–Crippen LogP) is 5.16. The van der Waals surface area contributed by atoms with Crippen LogP contribution in [0.3, 0.4) is 0 Å². The fourth-order valence-corrected chi connectivity index (χ4v) is 4.50. The Kier molecular flexibility index (Phi) is 3.94. The maximum atomic E-state index is 2.34. The van der Waals surface area contributed by atoms with E-state index in [1.165, 1.54) is 44.3 Å². The van der Waals surface area contributed by atoms with E-state index in [9.17, 15) is 0 Å². The Morgan fingerprint density at radius 3 is 1.70 bits per heavy atom. The highest BCUT2D eigenvalue weighted by Crippen LogP contribution is 2.34. The van der Waals surface area contributed by atoms with Gasteiger partial charge in [0.2, 0.25) is 6.71 Å². The van der Waals surface area contributed by atoms with Gasteiger partial charge < -0.3 is 0 Å². The molecule has 0 radical (unpaired) electrons. The Labute approximate surface area is 161 Å². The zero-order chi connectivity index (χ0) is 18.2. The fraction of sp³-hybridized carbons (Fsp3) is 0.0769. The minimum absolute atomic E-state index is 0.357. The molecule has 0 nitrogen and oxygen atoms in total. The summed E-state index contributed by atoms with van der Waals surface area (Å²) in [4.78, 5) is 0. The van der Waals surface area contributed by atoms with E-state index < -0.39 is 0 Å². The summed E-state index contributed by atoms with van der Waals surface area (Å²) in [6.45, 7) is 2.70. The molecule has 128 valence electrons. The van der Waals surface area contributed by atoms with Crippen molar-refractivity contribution in [1.82, 2.24) is 0 Å². The molecule has 27 heavy (non-hydrogen) atoms. The van der Waals surface area contributed by atoms with E-state index in [1.807, 2.05) is 0 Å². The van der Waals surface area contributed by atoms with Crippen LogP contribution in [0.15, 0.2) is 97.1 Å². The molecule has 1 heterocycles. The van der Waals surface area contributed by atoms with Gasteiger partial charge in [-0.1, -0.05) is 115 Å². The molecule has 0 saturated carbocycles. The Balaban J connectivity index is 1.90. The van der Waals surface area contributed by atoms with Crippen molar-refractivity contribution in [3.63, 3.8) is 0 Å². The number of benzene rings is 4. The molecular weight excluding hydrogens is 323 g/mol. The van der Waals surface area contributed by atoms with Crippen LogP contribution in [0.25, 0.3) is 22.3 Å². The van der Waals surface area contributed by atoms with E-state index in [1.54, 1.807) is 0 Å². The van der Waals surface area contributed by atoms with E-state index in [-0.39, 0.29) is 0 Å². The zero-order valence-electron chi connectivity index (χ0n) is 15.5. The Bertz CT molecular complexity index is 1130. The van der Waals surface area contributed by atoms with Crippen LogP contribution < -0.4 is 10.9 Å². The lowest BCUT2D eigenvalue weighted by atomic mass is 9.40. The lowest BCUT2D eigenvalue weighted by Gasteiger charge is -2.23. The molecular formula is C26H21B. The third kappa shape index (κ3) is 2.71.